The van der Waals surface area contributed by atoms with Crippen molar-refractivity contribution in [2.75, 3.05) is 6.61 Å². The summed E-state index contributed by atoms with van der Waals surface area (Å²) in [6, 6.07) is 6.25. The Balaban J connectivity index is 1.70. The third kappa shape index (κ3) is 5.57. The Hall–Kier alpha value is -2.83. The summed E-state index contributed by atoms with van der Waals surface area (Å²) in [5.74, 6) is -2.30. The summed E-state index contributed by atoms with van der Waals surface area (Å²) in [5, 5.41) is 40.8. The van der Waals surface area contributed by atoms with Crippen molar-refractivity contribution >= 4 is 17.7 Å². The van der Waals surface area contributed by atoms with Crippen molar-refractivity contribution in [1.82, 2.24) is 0 Å². The van der Waals surface area contributed by atoms with Gasteiger partial charge >= 0.3 is 11.9 Å². The van der Waals surface area contributed by atoms with E-state index in [2.05, 4.69) is 0 Å². The predicted octanol–water partition coefficient (Wildman–Crippen LogP) is -0.870. The fourth-order valence-corrected chi connectivity index (χ4v) is 3.40. The Morgan fingerprint density at radius 3 is 2.55 bits per heavy atom. The summed E-state index contributed by atoms with van der Waals surface area (Å²) in [4.78, 5) is 35.4. The standard InChI is InChI=1S/C22H26O11/c1-12(23)30-11-15-17(25)18(26)19(27)20(33-15)32-14-7-3-2-6-13(14)10-31-21(28)22(29)9-5-4-8-16(22)24/h2-3,5-7,9,15,17-20,25-27,29H,4,8,10-11H2,1H3. The van der Waals surface area contributed by atoms with Crippen molar-refractivity contribution in [1.29, 1.82) is 0 Å². The molecular weight excluding hydrogens is 440 g/mol. The molecule has 0 bridgehead atoms. The first-order chi connectivity index (χ1) is 15.6. The van der Waals surface area contributed by atoms with E-state index in [9.17, 15) is 34.8 Å². The highest BCUT2D eigenvalue weighted by molar-refractivity contribution is 6.09. The van der Waals surface area contributed by atoms with E-state index >= 15 is 0 Å². The van der Waals surface area contributed by atoms with Crippen LogP contribution in [-0.4, -0.2) is 81.1 Å². The van der Waals surface area contributed by atoms with Crippen LogP contribution < -0.4 is 4.74 Å². The zero-order valence-electron chi connectivity index (χ0n) is 17.8. The molecule has 1 aromatic carbocycles. The number of esters is 2. The molecule has 1 heterocycles. The Morgan fingerprint density at radius 1 is 1.12 bits per heavy atom. The number of carbonyl (C=O) groups is 3. The molecule has 0 saturated carbocycles. The third-order valence-electron chi connectivity index (χ3n) is 5.33. The largest absolute Gasteiger partial charge is 0.463 e. The van der Waals surface area contributed by atoms with Crippen LogP contribution in [0.3, 0.4) is 0 Å². The first-order valence-electron chi connectivity index (χ1n) is 10.3. The SMILES string of the molecule is CC(=O)OCC1OC(Oc2ccccc2COC(=O)C2(O)C=CCCC2=O)C(O)C(O)C1O. The number of hydrogen-bond donors (Lipinski definition) is 4. The van der Waals surface area contributed by atoms with Gasteiger partial charge < -0.3 is 39.4 Å². The van der Waals surface area contributed by atoms with Crippen molar-refractivity contribution in [2.24, 2.45) is 0 Å². The first-order valence-corrected chi connectivity index (χ1v) is 10.3. The molecule has 1 fully saturated rings. The maximum Gasteiger partial charge on any atom is 0.350 e. The van der Waals surface area contributed by atoms with Crippen LogP contribution in [0.4, 0.5) is 0 Å². The second kappa shape index (κ2) is 10.4. The minimum atomic E-state index is -2.35. The average molecular weight is 466 g/mol. The molecule has 1 aromatic rings. The van der Waals surface area contributed by atoms with Crippen molar-refractivity contribution < 1.29 is 53.8 Å². The van der Waals surface area contributed by atoms with Crippen molar-refractivity contribution in [3.05, 3.63) is 42.0 Å². The van der Waals surface area contributed by atoms with Crippen molar-refractivity contribution in [3.63, 3.8) is 0 Å². The second-order valence-electron chi connectivity index (χ2n) is 7.75. The molecule has 1 saturated heterocycles. The van der Waals surface area contributed by atoms with Gasteiger partial charge in [0.15, 0.2) is 5.78 Å². The number of aliphatic hydroxyl groups is 4. The second-order valence-corrected chi connectivity index (χ2v) is 7.75. The molecule has 0 radical (unpaired) electrons. The lowest BCUT2D eigenvalue weighted by atomic mass is 9.90. The van der Waals surface area contributed by atoms with Gasteiger partial charge in [-0.25, -0.2) is 4.79 Å². The molecular formula is C22H26O11. The van der Waals surface area contributed by atoms with E-state index in [0.717, 1.165) is 6.08 Å². The predicted molar refractivity (Wildman–Crippen MR) is 109 cm³/mol. The zero-order valence-corrected chi connectivity index (χ0v) is 17.8. The van der Waals surface area contributed by atoms with Crippen LogP contribution in [0.25, 0.3) is 0 Å². The summed E-state index contributed by atoms with van der Waals surface area (Å²) < 4.78 is 21.1. The molecule has 6 atom stereocenters. The monoisotopic (exact) mass is 466 g/mol. The van der Waals surface area contributed by atoms with E-state index in [1.807, 2.05) is 0 Å². The summed E-state index contributed by atoms with van der Waals surface area (Å²) in [7, 11) is 0. The van der Waals surface area contributed by atoms with E-state index in [0.29, 0.717) is 12.0 Å². The van der Waals surface area contributed by atoms with Crippen LogP contribution >= 0.6 is 0 Å². The number of Topliss-reactive ketones (excluding diaryl/α,β-unsaturated/α-hetero) is 1. The van der Waals surface area contributed by atoms with Gasteiger partial charge in [-0.2, -0.15) is 0 Å². The molecule has 11 heteroatoms. The highest BCUT2D eigenvalue weighted by atomic mass is 16.7. The number of carbonyl (C=O) groups excluding carboxylic acids is 3. The lowest BCUT2D eigenvalue weighted by molar-refractivity contribution is -0.278. The smallest absolute Gasteiger partial charge is 0.350 e. The lowest BCUT2D eigenvalue weighted by Crippen LogP contribution is -2.60. The highest BCUT2D eigenvalue weighted by Crippen LogP contribution is 2.28. The fourth-order valence-electron chi connectivity index (χ4n) is 3.40. The Labute approximate surface area is 189 Å². The van der Waals surface area contributed by atoms with E-state index in [4.69, 9.17) is 18.9 Å². The van der Waals surface area contributed by atoms with Crippen molar-refractivity contribution in [3.8, 4) is 5.75 Å². The van der Waals surface area contributed by atoms with Crippen LogP contribution in [0.5, 0.6) is 5.75 Å². The van der Waals surface area contributed by atoms with Gasteiger partial charge in [0.2, 0.25) is 11.9 Å². The van der Waals surface area contributed by atoms with E-state index < -0.39 is 54.0 Å². The molecule has 1 aliphatic heterocycles. The fraction of sp³-hybridized carbons (Fsp3) is 0.500. The number of ketones is 1. The number of allylic oxidation sites excluding steroid dienone is 1. The molecule has 3 rings (SSSR count). The molecule has 0 aromatic heterocycles. The molecule has 4 N–H and O–H groups in total. The molecule has 0 spiro atoms. The zero-order chi connectivity index (χ0) is 24.2. The highest BCUT2D eigenvalue weighted by Gasteiger charge is 2.46. The number of rotatable bonds is 7. The Bertz CT molecular complexity index is 913. The Morgan fingerprint density at radius 2 is 1.85 bits per heavy atom. The van der Waals surface area contributed by atoms with Crippen LogP contribution in [0, 0.1) is 0 Å². The van der Waals surface area contributed by atoms with Crippen LogP contribution in [0.15, 0.2) is 36.4 Å². The topological polar surface area (TPSA) is 169 Å². The molecule has 2 aliphatic rings. The van der Waals surface area contributed by atoms with E-state index in [-0.39, 0.29) is 25.4 Å². The van der Waals surface area contributed by atoms with Crippen LogP contribution in [-0.2, 0) is 35.2 Å². The van der Waals surface area contributed by atoms with Gasteiger partial charge in [0.25, 0.3) is 0 Å². The minimum absolute atomic E-state index is 0.0153. The summed E-state index contributed by atoms with van der Waals surface area (Å²) in [6.07, 6.45) is -4.37. The maximum atomic E-state index is 12.4. The Kier molecular flexibility index (Phi) is 7.82. The number of ether oxygens (including phenoxy) is 4. The van der Waals surface area contributed by atoms with Crippen LogP contribution in [0.2, 0.25) is 0 Å². The van der Waals surface area contributed by atoms with Gasteiger partial charge in [0.1, 0.15) is 43.4 Å². The molecule has 180 valence electrons. The van der Waals surface area contributed by atoms with Gasteiger partial charge in [0.05, 0.1) is 0 Å². The molecule has 6 unspecified atom stereocenters. The maximum absolute atomic E-state index is 12.4. The number of para-hydroxylation sites is 1. The summed E-state index contributed by atoms with van der Waals surface area (Å²) >= 11 is 0. The minimum Gasteiger partial charge on any atom is -0.463 e. The van der Waals surface area contributed by atoms with Gasteiger partial charge in [-0.3, -0.25) is 9.59 Å². The molecule has 11 nitrogen and oxygen atoms in total. The van der Waals surface area contributed by atoms with E-state index in [1.54, 1.807) is 18.2 Å². The van der Waals surface area contributed by atoms with Gasteiger partial charge in [-0.15, -0.1) is 0 Å². The molecule has 33 heavy (non-hydrogen) atoms. The quantitative estimate of drug-likeness (QED) is 0.224. The van der Waals surface area contributed by atoms with Crippen LogP contribution in [0.1, 0.15) is 25.3 Å². The molecule has 0 amide bonds. The number of hydrogen-bond acceptors (Lipinski definition) is 11. The summed E-state index contributed by atoms with van der Waals surface area (Å²) in [5.41, 5.74) is -2.03. The lowest BCUT2D eigenvalue weighted by Gasteiger charge is -2.40. The first kappa shape index (κ1) is 24.8. The molecule has 1 aliphatic carbocycles. The third-order valence-corrected chi connectivity index (χ3v) is 5.33. The normalized spacial score (nSPS) is 31.7. The number of benzene rings is 1. The van der Waals surface area contributed by atoms with Gasteiger partial charge in [-0.1, -0.05) is 24.3 Å². The van der Waals surface area contributed by atoms with Gasteiger partial charge in [-0.05, 0) is 18.6 Å². The number of aliphatic hydroxyl groups excluding tert-OH is 3. The summed E-state index contributed by atoms with van der Waals surface area (Å²) in [6.45, 7) is 0.419. The van der Waals surface area contributed by atoms with E-state index in [1.165, 1.54) is 19.1 Å². The average Bonchev–Trinajstić information content (AvgIpc) is 2.79. The van der Waals surface area contributed by atoms with Gasteiger partial charge in [0, 0.05) is 18.9 Å². The van der Waals surface area contributed by atoms with Crippen molar-refractivity contribution in [2.45, 2.75) is 62.7 Å².